The fourth-order valence-electron chi connectivity index (χ4n) is 5.07. The molecule has 2 aliphatic carbocycles. The molecule has 0 unspecified atom stereocenters. The molecule has 9 nitrogen and oxygen atoms in total. The summed E-state index contributed by atoms with van der Waals surface area (Å²) in [6, 6.07) is 16.0. The predicted octanol–water partition coefficient (Wildman–Crippen LogP) is 2.55. The van der Waals surface area contributed by atoms with E-state index in [4.69, 9.17) is 9.84 Å². The zero-order valence-electron chi connectivity index (χ0n) is 19.3. The van der Waals surface area contributed by atoms with Gasteiger partial charge >= 0.3 is 12.1 Å². The first-order valence-electron chi connectivity index (χ1n) is 11.8. The smallest absolute Gasteiger partial charge is 0.407 e. The van der Waals surface area contributed by atoms with Crippen molar-refractivity contribution in [3.63, 3.8) is 0 Å². The lowest BCUT2D eigenvalue weighted by molar-refractivity contribution is -0.139. The number of nitrogens with one attached hydrogen (secondary N) is 3. The molecule has 3 amide bonds. The Bertz CT molecular complexity index is 1080. The van der Waals surface area contributed by atoms with Gasteiger partial charge in [0.25, 0.3) is 0 Å². The number of amides is 3. The zero-order valence-corrected chi connectivity index (χ0v) is 19.3. The van der Waals surface area contributed by atoms with Gasteiger partial charge in [0.1, 0.15) is 13.2 Å². The van der Waals surface area contributed by atoms with Gasteiger partial charge in [0.15, 0.2) is 0 Å². The van der Waals surface area contributed by atoms with E-state index < -0.39 is 29.4 Å². The lowest BCUT2D eigenvalue weighted by Gasteiger charge is -2.28. The molecule has 0 atom stereocenters. The summed E-state index contributed by atoms with van der Waals surface area (Å²) in [6.45, 7) is -0.508. The molecule has 2 aliphatic rings. The van der Waals surface area contributed by atoms with E-state index in [0.29, 0.717) is 12.8 Å². The molecule has 0 heterocycles. The third-order valence-electron chi connectivity index (χ3n) is 6.64. The summed E-state index contributed by atoms with van der Waals surface area (Å²) in [4.78, 5) is 47.7. The third-order valence-corrected chi connectivity index (χ3v) is 6.64. The second-order valence-corrected chi connectivity index (χ2v) is 9.06. The Hall–Kier alpha value is -3.88. The van der Waals surface area contributed by atoms with E-state index in [2.05, 4.69) is 16.0 Å². The maximum Gasteiger partial charge on any atom is 0.407 e. The number of carbonyl (C=O) groups excluding carboxylic acids is 3. The topological polar surface area (TPSA) is 134 Å². The molecule has 4 rings (SSSR count). The van der Waals surface area contributed by atoms with E-state index in [1.54, 1.807) is 0 Å². The Kier molecular flexibility index (Phi) is 7.33. The van der Waals surface area contributed by atoms with E-state index in [9.17, 15) is 19.2 Å². The van der Waals surface area contributed by atoms with Crippen LogP contribution >= 0.6 is 0 Å². The van der Waals surface area contributed by atoms with Crippen molar-refractivity contribution >= 4 is 23.9 Å². The molecule has 0 bridgehead atoms. The van der Waals surface area contributed by atoms with Crippen LogP contribution in [0.5, 0.6) is 0 Å². The lowest BCUT2D eigenvalue weighted by Crippen LogP contribution is -2.51. The van der Waals surface area contributed by atoms with Gasteiger partial charge in [-0.05, 0) is 35.1 Å². The molecule has 184 valence electrons. The fourth-order valence-corrected chi connectivity index (χ4v) is 5.07. The summed E-state index contributed by atoms with van der Waals surface area (Å²) in [5, 5.41) is 16.7. The normalized spacial score (nSPS) is 15.5. The molecule has 9 heteroatoms. The van der Waals surface area contributed by atoms with Crippen LogP contribution in [0.25, 0.3) is 11.1 Å². The largest absolute Gasteiger partial charge is 0.481 e. The van der Waals surface area contributed by atoms with E-state index >= 15 is 0 Å². The van der Waals surface area contributed by atoms with Crippen LogP contribution in [0.15, 0.2) is 48.5 Å². The molecule has 1 saturated carbocycles. The summed E-state index contributed by atoms with van der Waals surface area (Å²) in [7, 11) is 0. The van der Waals surface area contributed by atoms with Crippen molar-refractivity contribution in [1.29, 1.82) is 0 Å². The molecule has 35 heavy (non-hydrogen) atoms. The minimum atomic E-state index is -0.969. The number of hydrogen-bond donors (Lipinski definition) is 4. The van der Waals surface area contributed by atoms with Gasteiger partial charge in [-0.25, -0.2) is 4.79 Å². The van der Waals surface area contributed by atoms with Gasteiger partial charge in [0, 0.05) is 5.92 Å². The summed E-state index contributed by atoms with van der Waals surface area (Å²) in [5.74, 6) is -2.06. The minimum absolute atomic E-state index is 0.0839. The Balaban J connectivity index is 1.21. The monoisotopic (exact) mass is 479 g/mol. The number of benzene rings is 2. The highest BCUT2D eigenvalue weighted by Gasteiger charge is 2.37. The SMILES string of the molecule is O=C(O)CC1(NC(=O)CNC(=O)CNC(=O)OCC2c3ccccc3-c3ccccc32)CCCC1. The quantitative estimate of drug-likeness (QED) is 0.437. The molecule has 4 N–H and O–H groups in total. The van der Waals surface area contributed by atoms with Gasteiger partial charge < -0.3 is 25.8 Å². The number of rotatable bonds is 9. The van der Waals surface area contributed by atoms with Crippen LogP contribution in [0.3, 0.4) is 0 Å². The molecular weight excluding hydrogens is 450 g/mol. The highest BCUT2D eigenvalue weighted by molar-refractivity contribution is 5.87. The fraction of sp³-hybridized carbons (Fsp3) is 0.385. The molecule has 0 saturated heterocycles. The van der Waals surface area contributed by atoms with Crippen LogP contribution in [0.2, 0.25) is 0 Å². The molecule has 2 aromatic carbocycles. The molecule has 2 aromatic rings. The highest BCUT2D eigenvalue weighted by Crippen LogP contribution is 2.44. The lowest BCUT2D eigenvalue weighted by atomic mass is 9.93. The Morgan fingerprint density at radius 1 is 0.857 bits per heavy atom. The second-order valence-electron chi connectivity index (χ2n) is 9.06. The first-order chi connectivity index (χ1) is 16.9. The van der Waals surface area contributed by atoms with Gasteiger partial charge in [0.05, 0.1) is 18.5 Å². The van der Waals surface area contributed by atoms with Crippen LogP contribution in [-0.4, -0.2) is 54.2 Å². The van der Waals surface area contributed by atoms with Crippen LogP contribution in [-0.2, 0) is 19.1 Å². The van der Waals surface area contributed by atoms with Crippen molar-refractivity contribution in [1.82, 2.24) is 16.0 Å². The van der Waals surface area contributed by atoms with Crippen LogP contribution in [0.4, 0.5) is 4.79 Å². The molecule has 0 spiro atoms. The van der Waals surface area contributed by atoms with Crippen molar-refractivity contribution < 1.29 is 29.0 Å². The Morgan fingerprint density at radius 3 is 2.03 bits per heavy atom. The maximum atomic E-state index is 12.2. The zero-order chi connectivity index (χ0) is 24.8. The Morgan fingerprint density at radius 2 is 1.43 bits per heavy atom. The first-order valence-corrected chi connectivity index (χ1v) is 11.8. The number of carbonyl (C=O) groups is 4. The van der Waals surface area contributed by atoms with Crippen molar-refractivity contribution in [2.75, 3.05) is 19.7 Å². The number of carboxylic acids is 1. The second kappa shape index (κ2) is 10.6. The van der Waals surface area contributed by atoms with E-state index in [-0.39, 0.29) is 32.0 Å². The number of hydrogen-bond acceptors (Lipinski definition) is 5. The summed E-state index contributed by atoms with van der Waals surface area (Å²) in [5.41, 5.74) is 3.67. The summed E-state index contributed by atoms with van der Waals surface area (Å²) < 4.78 is 5.39. The van der Waals surface area contributed by atoms with Gasteiger partial charge in [-0.15, -0.1) is 0 Å². The van der Waals surface area contributed by atoms with Crippen LogP contribution in [0, 0.1) is 0 Å². The molecular formula is C26H29N3O6. The minimum Gasteiger partial charge on any atom is -0.481 e. The van der Waals surface area contributed by atoms with Crippen molar-refractivity contribution in [3.05, 3.63) is 59.7 Å². The predicted molar refractivity (Wildman–Crippen MR) is 128 cm³/mol. The number of ether oxygens (including phenoxy) is 1. The average molecular weight is 480 g/mol. The Labute approximate surface area is 203 Å². The number of aliphatic carboxylic acids is 1. The van der Waals surface area contributed by atoms with Crippen molar-refractivity contribution in [2.45, 2.75) is 43.6 Å². The summed E-state index contributed by atoms with van der Waals surface area (Å²) in [6.07, 6.45) is 2.03. The van der Waals surface area contributed by atoms with E-state index in [1.165, 1.54) is 0 Å². The third kappa shape index (κ3) is 5.79. The van der Waals surface area contributed by atoms with Gasteiger partial charge in [-0.3, -0.25) is 14.4 Å². The summed E-state index contributed by atoms with van der Waals surface area (Å²) >= 11 is 0. The number of carboxylic acid groups (broad SMARTS) is 1. The van der Waals surface area contributed by atoms with Crippen LogP contribution in [0.1, 0.15) is 49.1 Å². The first kappa shape index (κ1) is 24.3. The van der Waals surface area contributed by atoms with E-state index in [1.807, 2.05) is 48.5 Å². The average Bonchev–Trinajstić information content (AvgIpc) is 3.42. The number of alkyl carbamates (subject to hydrolysis) is 1. The maximum absolute atomic E-state index is 12.2. The van der Waals surface area contributed by atoms with Crippen LogP contribution < -0.4 is 16.0 Å². The molecule has 0 radical (unpaired) electrons. The van der Waals surface area contributed by atoms with Crippen molar-refractivity contribution in [2.24, 2.45) is 0 Å². The molecule has 0 aromatic heterocycles. The molecule has 1 fully saturated rings. The van der Waals surface area contributed by atoms with Gasteiger partial charge in [0.2, 0.25) is 11.8 Å². The van der Waals surface area contributed by atoms with E-state index in [0.717, 1.165) is 35.1 Å². The number of fused-ring (bicyclic) bond motifs is 3. The van der Waals surface area contributed by atoms with Gasteiger partial charge in [-0.2, -0.15) is 0 Å². The highest BCUT2D eigenvalue weighted by atomic mass is 16.5. The standard InChI is InChI=1S/C26H29N3O6/c30-22(27-15-23(31)29-26(13-24(32)33)11-5-6-12-26)14-28-25(34)35-16-21-19-9-3-1-7-17(19)18-8-2-4-10-20(18)21/h1-4,7-10,21H,5-6,11-16H2,(H,27,30)(H,28,34)(H,29,31)(H,32,33). The van der Waals surface area contributed by atoms with Crippen molar-refractivity contribution in [3.8, 4) is 11.1 Å². The molecule has 0 aliphatic heterocycles. The van der Waals surface area contributed by atoms with Gasteiger partial charge in [-0.1, -0.05) is 61.4 Å².